The van der Waals surface area contributed by atoms with Crippen LogP contribution in [0.3, 0.4) is 0 Å². The largest absolute Gasteiger partial charge is 0.573 e. The number of halogens is 3. The Bertz CT molecular complexity index is 408. The molecule has 1 aromatic rings. The molecule has 0 radical (unpaired) electrons. The van der Waals surface area contributed by atoms with Crippen LogP contribution in [-0.4, -0.2) is 30.3 Å². The first-order valence-electron chi connectivity index (χ1n) is 6.01. The fourth-order valence-electron chi connectivity index (χ4n) is 2.12. The van der Waals surface area contributed by atoms with Gasteiger partial charge in [0.05, 0.1) is 5.60 Å². The molecule has 6 heteroatoms. The van der Waals surface area contributed by atoms with E-state index in [1.807, 2.05) is 0 Å². The van der Waals surface area contributed by atoms with E-state index < -0.39 is 12.0 Å². The Morgan fingerprint density at radius 2 is 1.74 bits per heavy atom. The van der Waals surface area contributed by atoms with E-state index in [9.17, 15) is 18.3 Å². The number of benzene rings is 1. The molecule has 0 atom stereocenters. The molecule has 19 heavy (non-hydrogen) atoms. The third kappa shape index (κ3) is 4.40. The van der Waals surface area contributed by atoms with Crippen LogP contribution in [0.1, 0.15) is 18.4 Å². The molecule has 0 aromatic heterocycles. The molecule has 0 bridgehead atoms. The van der Waals surface area contributed by atoms with Gasteiger partial charge in [0.15, 0.2) is 0 Å². The van der Waals surface area contributed by atoms with E-state index in [2.05, 4.69) is 4.74 Å². The zero-order chi connectivity index (χ0) is 13.9. The lowest BCUT2D eigenvalue weighted by molar-refractivity contribution is -0.274. The highest BCUT2D eigenvalue weighted by atomic mass is 19.4. The Balaban J connectivity index is 1.98. The number of ether oxygens (including phenoxy) is 2. The lowest BCUT2D eigenvalue weighted by Crippen LogP contribution is -2.38. The van der Waals surface area contributed by atoms with E-state index in [1.54, 1.807) is 0 Å². The number of rotatable bonds is 3. The fraction of sp³-hybridized carbons (Fsp3) is 0.538. The van der Waals surface area contributed by atoms with Crippen LogP contribution >= 0.6 is 0 Å². The van der Waals surface area contributed by atoms with Crippen molar-refractivity contribution in [2.45, 2.75) is 31.2 Å². The summed E-state index contributed by atoms with van der Waals surface area (Å²) in [6.45, 7) is 1.01. The average molecular weight is 276 g/mol. The summed E-state index contributed by atoms with van der Waals surface area (Å²) in [4.78, 5) is 0. The number of hydrogen-bond acceptors (Lipinski definition) is 3. The summed E-state index contributed by atoms with van der Waals surface area (Å²) in [6.07, 6.45) is -3.20. The van der Waals surface area contributed by atoms with Crippen molar-refractivity contribution in [2.75, 3.05) is 13.2 Å². The summed E-state index contributed by atoms with van der Waals surface area (Å²) >= 11 is 0. The van der Waals surface area contributed by atoms with Crippen LogP contribution in [0.2, 0.25) is 0 Å². The Morgan fingerprint density at radius 3 is 2.26 bits per heavy atom. The maximum atomic E-state index is 12.0. The molecule has 1 aromatic carbocycles. The highest BCUT2D eigenvalue weighted by Gasteiger charge is 2.32. The fourth-order valence-corrected chi connectivity index (χ4v) is 2.12. The number of hydrogen-bond donors (Lipinski definition) is 1. The van der Waals surface area contributed by atoms with Crippen molar-refractivity contribution in [3.05, 3.63) is 29.8 Å². The van der Waals surface area contributed by atoms with E-state index in [-0.39, 0.29) is 5.75 Å². The molecule has 0 unspecified atom stereocenters. The third-order valence-corrected chi connectivity index (χ3v) is 3.11. The van der Waals surface area contributed by atoms with E-state index >= 15 is 0 Å². The van der Waals surface area contributed by atoms with Gasteiger partial charge in [-0.15, -0.1) is 13.2 Å². The van der Waals surface area contributed by atoms with Gasteiger partial charge in [0.25, 0.3) is 0 Å². The molecule has 0 aliphatic carbocycles. The standard InChI is InChI=1S/C13H15F3O3/c14-13(15,16)19-11-3-1-10(2-4-11)9-12(17)5-7-18-8-6-12/h1-4,17H,5-9H2. The van der Waals surface area contributed by atoms with E-state index in [0.717, 1.165) is 5.56 Å². The molecule has 1 saturated heterocycles. The van der Waals surface area contributed by atoms with Crippen LogP contribution in [-0.2, 0) is 11.2 Å². The second kappa shape index (κ2) is 5.38. The highest BCUT2D eigenvalue weighted by molar-refractivity contribution is 5.28. The lowest BCUT2D eigenvalue weighted by atomic mass is 9.87. The lowest BCUT2D eigenvalue weighted by Gasteiger charge is -2.32. The molecule has 106 valence electrons. The predicted molar refractivity (Wildman–Crippen MR) is 61.8 cm³/mol. The maximum Gasteiger partial charge on any atom is 0.573 e. The molecule has 1 fully saturated rings. The smallest absolute Gasteiger partial charge is 0.406 e. The number of aliphatic hydroxyl groups is 1. The van der Waals surface area contributed by atoms with E-state index in [0.29, 0.717) is 32.5 Å². The first-order valence-corrected chi connectivity index (χ1v) is 6.01. The van der Waals surface area contributed by atoms with Crippen molar-refractivity contribution in [3.63, 3.8) is 0 Å². The van der Waals surface area contributed by atoms with Crippen LogP contribution in [0.25, 0.3) is 0 Å². The van der Waals surface area contributed by atoms with Crippen molar-refractivity contribution in [1.82, 2.24) is 0 Å². The Kier molecular flexibility index (Phi) is 4.01. The maximum absolute atomic E-state index is 12.0. The van der Waals surface area contributed by atoms with Crippen molar-refractivity contribution >= 4 is 0 Å². The first-order chi connectivity index (χ1) is 8.86. The van der Waals surface area contributed by atoms with Crippen LogP contribution in [0.4, 0.5) is 13.2 Å². The average Bonchev–Trinajstić information content (AvgIpc) is 2.30. The van der Waals surface area contributed by atoms with Gasteiger partial charge < -0.3 is 14.6 Å². The normalized spacial score (nSPS) is 19.2. The SMILES string of the molecule is OC1(Cc2ccc(OC(F)(F)F)cc2)CCOCC1. The summed E-state index contributed by atoms with van der Waals surface area (Å²) in [5, 5.41) is 10.3. The monoisotopic (exact) mass is 276 g/mol. The topological polar surface area (TPSA) is 38.7 Å². The summed E-state index contributed by atoms with van der Waals surface area (Å²) in [5.74, 6) is -0.254. The van der Waals surface area contributed by atoms with Crippen LogP contribution in [0.5, 0.6) is 5.75 Å². The molecular weight excluding hydrogens is 261 g/mol. The molecule has 1 aliphatic heterocycles. The van der Waals surface area contributed by atoms with Gasteiger partial charge in [-0.25, -0.2) is 0 Å². The number of alkyl halides is 3. The summed E-state index contributed by atoms with van der Waals surface area (Å²) in [7, 11) is 0. The van der Waals surface area contributed by atoms with Gasteiger partial charge in [-0.1, -0.05) is 12.1 Å². The summed E-state index contributed by atoms with van der Waals surface area (Å²) in [6, 6.07) is 5.58. The zero-order valence-corrected chi connectivity index (χ0v) is 10.2. The molecule has 1 aliphatic rings. The quantitative estimate of drug-likeness (QED) is 0.922. The summed E-state index contributed by atoms with van der Waals surface area (Å²) in [5.41, 5.74) is -0.0519. The Morgan fingerprint density at radius 1 is 1.16 bits per heavy atom. The van der Waals surface area contributed by atoms with E-state index in [4.69, 9.17) is 4.74 Å². The zero-order valence-electron chi connectivity index (χ0n) is 10.2. The van der Waals surface area contributed by atoms with Crippen molar-refractivity contribution in [2.24, 2.45) is 0 Å². The minimum atomic E-state index is -4.68. The van der Waals surface area contributed by atoms with Gasteiger partial charge >= 0.3 is 6.36 Å². The molecule has 1 N–H and O–H groups in total. The molecule has 0 spiro atoms. The van der Waals surface area contributed by atoms with Crippen molar-refractivity contribution in [3.8, 4) is 5.75 Å². The molecular formula is C13H15F3O3. The summed E-state index contributed by atoms with van der Waals surface area (Å²) < 4.78 is 45.0. The van der Waals surface area contributed by atoms with Crippen LogP contribution < -0.4 is 4.74 Å². The second-order valence-electron chi connectivity index (χ2n) is 4.71. The first kappa shape index (κ1) is 14.1. The van der Waals surface area contributed by atoms with Gasteiger partial charge in [-0.05, 0) is 30.5 Å². The van der Waals surface area contributed by atoms with Crippen LogP contribution in [0.15, 0.2) is 24.3 Å². The molecule has 0 amide bonds. The highest BCUT2D eigenvalue weighted by Crippen LogP contribution is 2.27. The van der Waals surface area contributed by atoms with Gasteiger partial charge in [0.1, 0.15) is 5.75 Å². The van der Waals surface area contributed by atoms with Gasteiger partial charge in [0.2, 0.25) is 0 Å². The Labute approximate surface area is 108 Å². The van der Waals surface area contributed by atoms with Gasteiger partial charge in [0, 0.05) is 19.6 Å². The van der Waals surface area contributed by atoms with Crippen molar-refractivity contribution in [1.29, 1.82) is 0 Å². The minimum absolute atomic E-state index is 0.254. The van der Waals surface area contributed by atoms with Crippen LogP contribution in [0, 0.1) is 0 Å². The van der Waals surface area contributed by atoms with E-state index in [1.165, 1.54) is 24.3 Å². The molecule has 0 saturated carbocycles. The predicted octanol–water partition coefficient (Wildman–Crippen LogP) is 2.67. The third-order valence-electron chi connectivity index (χ3n) is 3.11. The van der Waals surface area contributed by atoms with Gasteiger partial charge in [-0.2, -0.15) is 0 Å². The second-order valence-corrected chi connectivity index (χ2v) is 4.71. The van der Waals surface area contributed by atoms with Gasteiger partial charge in [-0.3, -0.25) is 0 Å². The van der Waals surface area contributed by atoms with Crippen molar-refractivity contribution < 1.29 is 27.8 Å². The molecule has 1 heterocycles. The minimum Gasteiger partial charge on any atom is -0.406 e. The molecule has 3 nitrogen and oxygen atoms in total. The molecule has 2 rings (SSSR count). The Hall–Kier alpha value is -1.27.